The summed E-state index contributed by atoms with van der Waals surface area (Å²) >= 11 is 3.00. The Morgan fingerprint density at radius 2 is 2.08 bits per heavy atom. The molecule has 0 atom stereocenters. The van der Waals surface area contributed by atoms with Gasteiger partial charge in [0.15, 0.2) is 0 Å². The second-order valence-electron chi connectivity index (χ2n) is 6.25. The van der Waals surface area contributed by atoms with Crippen molar-refractivity contribution in [1.82, 2.24) is 5.16 Å². The number of carbonyl (C=O) groups excluding carboxylic acids is 2. The molecule has 0 saturated heterocycles. The molecule has 1 aliphatic rings. The van der Waals surface area contributed by atoms with E-state index in [0.717, 1.165) is 48.3 Å². The molecule has 3 rings (SSSR count). The quantitative estimate of drug-likeness (QED) is 0.749. The van der Waals surface area contributed by atoms with Crippen LogP contribution in [0.25, 0.3) is 0 Å². The zero-order valence-corrected chi connectivity index (χ0v) is 16.8. The Kier molecular flexibility index (Phi) is 6.03. The maximum atomic E-state index is 12.4. The molecule has 1 aliphatic carbocycles. The van der Waals surface area contributed by atoms with E-state index in [0.29, 0.717) is 22.1 Å². The molecule has 0 spiro atoms. The van der Waals surface area contributed by atoms with E-state index in [1.165, 1.54) is 35.1 Å². The lowest BCUT2D eigenvalue weighted by Crippen LogP contribution is -2.16. The van der Waals surface area contributed by atoms with Crippen LogP contribution in [0.5, 0.6) is 0 Å². The minimum absolute atomic E-state index is 0.120. The number of anilines is 1. The molecule has 0 bridgehead atoms. The smallest absolute Gasteiger partial charge is 0.341 e. The van der Waals surface area contributed by atoms with Crippen LogP contribution in [0.4, 0.5) is 5.00 Å². The number of thioether (sulfide) groups is 1. The molecule has 6 nitrogen and oxygen atoms in total. The number of nitrogens with zero attached hydrogens (tertiary/aromatic N) is 1. The molecule has 0 radical (unpaired) electrons. The number of aromatic nitrogens is 1. The predicted octanol–water partition coefficient (Wildman–Crippen LogP) is 3.89. The number of aryl methyl sites for hydroxylation is 3. The molecular weight excluding hydrogens is 372 g/mol. The molecule has 1 amide bonds. The second-order valence-corrected chi connectivity index (χ2v) is 8.34. The van der Waals surface area contributed by atoms with E-state index >= 15 is 0 Å². The Bertz CT molecular complexity index is 806. The van der Waals surface area contributed by atoms with Gasteiger partial charge in [0, 0.05) is 16.2 Å². The zero-order valence-electron chi connectivity index (χ0n) is 15.1. The van der Waals surface area contributed by atoms with Gasteiger partial charge in [-0.05, 0) is 45.1 Å². The first-order valence-electron chi connectivity index (χ1n) is 8.53. The molecule has 140 valence electrons. The van der Waals surface area contributed by atoms with Crippen molar-refractivity contribution in [1.29, 1.82) is 0 Å². The first kappa shape index (κ1) is 19.0. The Morgan fingerprint density at radius 3 is 2.77 bits per heavy atom. The monoisotopic (exact) mass is 394 g/mol. The molecular formula is C18H22N2O4S2. The summed E-state index contributed by atoms with van der Waals surface area (Å²) in [4.78, 5) is 25.8. The number of fused-ring (bicyclic) bond motifs is 1. The summed E-state index contributed by atoms with van der Waals surface area (Å²) in [6, 6.07) is 0. The third kappa shape index (κ3) is 3.96. The Hall–Kier alpha value is -1.80. The van der Waals surface area contributed by atoms with Crippen LogP contribution in [0.15, 0.2) is 4.52 Å². The van der Waals surface area contributed by atoms with Crippen molar-refractivity contribution in [3.05, 3.63) is 33.0 Å². The first-order chi connectivity index (χ1) is 12.5. The van der Waals surface area contributed by atoms with E-state index in [1.54, 1.807) is 0 Å². The van der Waals surface area contributed by atoms with Crippen LogP contribution in [0.1, 0.15) is 50.7 Å². The number of ether oxygens (including phenoxy) is 1. The van der Waals surface area contributed by atoms with E-state index in [2.05, 4.69) is 10.5 Å². The van der Waals surface area contributed by atoms with Gasteiger partial charge in [0.2, 0.25) is 5.91 Å². The highest BCUT2D eigenvalue weighted by Crippen LogP contribution is 2.38. The highest BCUT2D eigenvalue weighted by atomic mass is 32.2. The highest BCUT2D eigenvalue weighted by Gasteiger charge is 2.26. The summed E-state index contributed by atoms with van der Waals surface area (Å²) in [6.45, 7) is 3.76. The van der Waals surface area contributed by atoms with Crippen LogP contribution >= 0.6 is 23.1 Å². The van der Waals surface area contributed by atoms with E-state index < -0.39 is 0 Å². The molecule has 0 aliphatic heterocycles. The molecule has 0 aromatic carbocycles. The fourth-order valence-electron chi connectivity index (χ4n) is 3.09. The van der Waals surface area contributed by atoms with Crippen LogP contribution in [-0.4, -0.2) is 29.9 Å². The molecule has 2 heterocycles. The third-order valence-corrected chi connectivity index (χ3v) is 6.64. The number of nitrogens with one attached hydrogen (secondary N) is 1. The average Bonchev–Trinajstić information content (AvgIpc) is 3.15. The van der Waals surface area contributed by atoms with Crippen LogP contribution in [0.3, 0.4) is 0 Å². The van der Waals surface area contributed by atoms with Crippen molar-refractivity contribution in [3.63, 3.8) is 0 Å². The van der Waals surface area contributed by atoms with Gasteiger partial charge in [-0.1, -0.05) is 5.16 Å². The Balaban J connectivity index is 1.65. The molecule has 26 heavy (non-hydrogen) atoms. The van der Waals surface area contributed by atoms with Crippen molar-refractivity contribution in [2.75, 3.05) is 18.2 Å². The molecule has 2 aromatic rings. The zero-order chi connectivity index (χ0) is 18.7. The number of esters is 1. The SMILES string of the molecule is COC(=O)c1c(NC(=O)CSCc2c(C)noc2C)sc2c1CCCC2. The number of hydrogen-bond donors (Lipinski definition) is 1. The largest absolute Gasteiger partial charge is 0.465 e. The number of methoxy groups -OCH3 is 1. The lowest BCUT2D eigenvalue weighted by atomic mass is 9.95. The lowest BCUT2D eigenvalue weighted by Gasteiger charge is -2.11. The normalized spacial score (nSPS) is 13.3. The van der Waals surface area contributed by atoms with Gasteiger partial charge in [-0.25, -0.2) is 4.79 Å². The lowest BCUT2D eigenvalue weighted by molar-refractivity contribution is -0.113. The molecule has 2 aromatic heterocycles. The summed E-state index contributed by atoms with van der Waals surface area (Å²) in [7, 11) is 1.38. The first-order valence-corrected chi connectivity index (χ1v) is 10.5. The Labute approximate surface area is 160 Å². The molecule has 0 saturated carbocycles. The van der Waals surface area contributed by atoms with Crippen LogP contribution in [-0.2, 0) is 28.1 Å². The van der Waals surface area contributed by atoms with E-state index in [9.17, 15) is 9.59 Å². The maximum Gasteiger partial charge on any atom is 0.341 e. The third-order valence-electron chi connectivity index (χ3n) is 4.47. The summed E-state index contributed by atoms with van der Waals surface area (Å²) in [6.07, 6.45) is 4.01. The van der Waals surface area contributed by atoms with Gasteiger partial charge in [-0.2, -0.15) is 0 Å². The predicted molar refractivity (Wildman–Crippen MR) is 103 cm³/mol. The van der Waals surface area contributed by atoms with Gasteiger partial charge >= 0.3 is 5.97 Å². The second kappa shape index (κ2) is 8.26. The number of thiophene rings is 1. The Morgan fingerprint density at radius 1 is 1.31 bits per heavy atom. The van der Waals surface area contributed by atoms with Crippen LogP contribution < -0.4 is 5.32 Å². The van der Waals surface area contributed by atoms with Crippen molar-refractivity contribution >= 4 is 40.0 Å². The van der Waals surface area contributed by atoms with Crippen LogP contribution in [0, 0.1) is 13.8 Å². The maximum absolute atomic E-state index is 12.4. The fourth-order valence-corrected chi connectivity index (χ4v) is 5.36. The summed E-state index contributed by atoms with van der Waals surface area (Å²) < 4.78 is 10.1. The van der Waals surface area contributed by atoms with Gasteiger partial charge in [0.1, 0.15) is 10.8 Å². The topological polar surface area (TPSA) is 81.4 Å². The summed E-state index contributed by atoms with van der Waals surface area (Å²) in [5, 5.41) is 7.45. The van der Waals surface area contributed by atoms with E-state index in [1.807, 2.05) is 13.8 Å². The van der Waals surface area contributed by atoms with Crippen molar-refractivity contribution in [2.24, 2.45) is 0 Å². The minimum Gasteiger partial charge on any atom is -0.465 e. The number of rotatable bonds is 6. The molecule has 1 N–H and O–H groups in total. The van der Waals surface area contributed by atoms with Gasteiger partial charge in [0.25, 0.3) is 0 Å². The van der Waals surface area contributed by atoms with Gasteiger partial charge in [-0.15, -0.1) is 23.1 Å². The average molecular weight is 395 g/mol. The number of amides is 1. The van der Waals surface area contributed by atoms with E-state index in [-0.39, 0.29) is 11.9 Å². The molecule has 8 heteroatoms. The molecule has 0 unspecified atom stereocenters. The fraction of sp³-hybridized carbons (Fsp3) is 0.500. The number of carbonyl (C=O) groups is 2. The standard InChI is InChI=1S/C18H22N2O4S2/c1-10-13(11(2)24-20-10)8-25-9-15(21)19-17-16(18(22)23-3)12-6-4-5-7-14(12)26-17/h4-9H2,1-3H3,(H,19,21). The van der Waals surface area contributed by atoms with E-state index in [4.69, 9.17) is 9.26 Å². The van der Waals surface area contributed by atoms with Gasteiger partial charge in [0.05, 0.1) is 24.1 Å². The molecule has 0 fully saturated rings. The van der Waals surface area contributed by atoms with Crippen molar-refractivity contribution in [3.8, 4) is 0 Å². The van der Waals surface area contributed by atoms with Crippen LogP contribution in [0.2, 0.25) is 0 Å². The summed E-state index contributed by atoms with van der Waals surface area (Å²) in [5.74, 6) is 1.26. The van der Waals surface area contributed by atoms with Gasteiger partial charge in [-0.3, -0.25) is 4.79 Å². The minimum atomic E-state index is -0.372. The van der Waals surface area contributed by atoms with Crippen molar-refractivity contribution in [2.45, 2.75) is 45.3 Å². The highest BCUT2D eigenvalue weighted by molar-refractivity contribution is 7.99. The van der Waals surface area contributed by atoms with Crippen molar-refractivity contribution < 1.29 is 18.8 Å². The van der Waals surface area contributed by atoms with Gasteiger partial charge < -0.3 is 14.6 Å². The summed E-state index contributed by atoms with van der Waals surface area (Å²) in [5.41, 5.74) is 3.47. The number of hydrogen-bond acceptors (Lipinski definition) is 7.